The Labute approximate surface area is 712 Å². The highest BCUT2D eigenvalue weighted by Crippen LogP contribution is 2.75. The van der Waals surface area contributed by atoms with Gasteiger partial charge in [-0.15, -0.1) is 0 Å². The number of aliphatic hydroxyl groups excluding tert-OH is 4. The quantitative estimate of drug-likeness (QED) is 0.0182. The maximum Gasteiger partial charge on any atom is 0.523 e. The summed E-state index contributed by atoms with van der Waals surface area (Å²) in [5, 5.41) is 76.7. The second-order valence-electron chi connectivity index (χ2n) is 36.2. The number of carbonyl (C=O) groups is 1. The van der Waals surface area contributed by atoms with E-state index >= 15 is 0 Å². The molecule has 11 unspecified atom stereocenters. The average molecular weight is 1810 g/mol. The molecule has 4 aliphatic heterocycles. The van der Waals surface area contributed by atoms with E-state index < -0.39 is 115 Å². The van der Waals surface area contributed by atoms with E-state index in [1.807, 2.05) is 37.3 Å². The van der Waals surface area contributed by atoms with E-state index in [2.05, 4.69) is 87.6 Å². The molecule has 0 aromatic rings. The smallest absolute Gasteiger partial charge is 0.410 e. The number of ketones is 1. The van der Waals surface area contributed by atoms with Gasteiger partial charge in [-0.1, -0.05) is 92.0 Å². The number of ether oxygens (including phenoxy) is 8. The second kappa shape index (κ2) is 36.1. The molecule has 0 radical (unpaired) electrons. The van der Waals surface area contributed by atoms with Gasteiger partial charge in [-0.05, 0) is 210 Å². The average Bonchev–Trinajstić information content (AvgIpc) is 1.49. The summed E-state index contributed by atoms with van der Waals surface area (Å²) in [5.41, 5.74) is -5.07. The van der Waals surface area contributed by atoms with Crippen molar-refractivity contribution in [2.45, 2.75) is 232 Å². The number of rotatable bonds is 23. The molecule has 688 valence electrons. The molecular weight excluding hydrogens is 1680 g/mol. The summed E-state index contributed by atoms with van der Waals surface area (Å²) in [7, 11) is -16.5. The molecule has 4 spiro atoms. The fraction of sp³-hybridized carbons (Fsp3) is 0.807. The van der Waals surface area contributed by atoms with Gasteiger partial charge in [-0.3, -0.25) is 22.7 Å². The van der Waals surface area contributed by atoms with Crippen LogP contribution in [0.15, 0.2) is 86.9 Å². The lowest BCUT2D eigenvalue weighted by Gasteiger charge is -2.60. The lowest BCUT2D eigenvalue weighted by molar-refractivity contribution is -0.256. The van der Waals surface area contributed by atoms with E-state index in [0.29, 0.717) is 86.1 Å². The standard InChI is InChI=1S/C28H42NO9P.C26H40NO8P.C23H31NO6.C6H12F3O6PS/c1-5-37-39(31,38-6-2)18-36-29-20-9-11-25(3)19(13-20)7-8-21-22-10-12-27(26(22,4)14-23(30)24(21)25)28(35-17-33-27)15-32-16-34-28;1-5-34-36(32,35-6-2)16-33-27-18-9-11-24(3)17(13-18)7-8-19-20-10-12-26(31,22(30)15-28)25(20,4)14-21(29)23(19)24;1-20-7-5-15(24-26)9-14(20)3-4-16-17-6-8-22(21(17,2)10-18(25)19(16)20)23(30-13-28-22)11-27-12-29-23;1-3-13-16(10,14-4-2)5-15-17(11,12)6(7,8)9/h9,11,13,21-24,30H,5-8,10,12,14-18H2,1-4H3;9,11,13,19-21,23,28-29,31H,5-8,10,12,14-16H2,1-4H3;5,7,9,16-19,25-26H,3-4,6,8,10-13H2,1-2H3;3-5H2,1-2H3/t21?,22?,23-,24?,25-,26-,27+,28?;19?,20?,21-,23?,24-,25-,26-;16?,17?,18-,19?,20-,21-,22+,23?;/m000./s1. The maximum absolute atomic E-state index is 12.7. The molecule has 0 aromatic carbocycles. The number of fused-ring (bicyclic) bond motifs is 19. The van der Waals surface area contributed by atoms with Gasteiger partial charge in [0.2, 0.25) is 24.3 Å². The molecule has 4 heterocycles. The fourth-order valence-corrected chi connectivity index (χ4v) is 30.4. The van der Waals surface area contributed by atoms with Gasteiger partial charge >= 0.3 is 38.4 Å². The van der Waals surface area contributed by atoms with Crippen molar-refractivity contribution in [2.24, 2.45) is 101 Å². The molecule has 0 amide bonds. The van der Waals surface area contributed by atoms with E-state index in [4.69, 9.17) is 65.7 Å². The Morgan fingerprint density at radius 1 is 0.500 bits per heavy atom. The first-order chi connectivity index (χ1) is 57.6. The largest absolute Gasteiger partial charge is 0.523 e. The van der Waals surface area contributed by atoms with Gasteiger partial charge in [0.05, 0.1) is 58.0 Å². The third-order valence-corrected chi connectivity index (χ3v) is 37.2. The lowest BCUT2D eigenvalue weighted by Crippen LogP contribution is -2.66. The van der Waals surface area contributed by atoms with Crippen LogP contribution >= 0.6 is 22.8 Å². The normalized spacial score (nSPS) is 42.4. The van der Waals surface area contributed by atoms with Crippen molar-refractivity contribution in [3.8, 4) is 0 Å². The van der Waals surface area contributed by atoms with Crippen LogP contribution in [0.4, 0.5) is 13.2 Å². The minimum atomic E-state index is -5.80. The van der Waals surface area contributed by atoms with Crippen molar-refractivity contribution < 1.29 is 150 Å². The van der Waals surface area contributed by atoms with Crippen molar-refractivity contribution in [1.82, 2.24) is 0 Å². The van der Waals surface area contributed by atoms with Crippen LogP contribution in [-0.4, -0.2) is 220 Å². The van der Waals surface area contributed by atoms with E-state index in [1.165, 1.54) is 25.0 Å². The zero-order chi connectivity index (χ0) is 88.4. The SMILES string of the molecule is CCOP(=O)(CON=C1C=C[C@@]2(C)C(=C1)CCC1C2[C@@H](O)C[C@@]2(C)C1CC[C@@]21OCOC12COCO2)OCC.CCOP(=O)(CON=C1C=C[C@@]2(C)C(=C1)CCC1C2[C@@H](O)C[C@@]2(C)C1CC[C@]2(O)C(=O)CO)OCC.CCOP(=O)(COS(=O)(=O)C(F)(F)F)OCC.C[C@]12C=CC(=NO)C=C1CCC1C2[C@@H](O)C[C@@]2(C)C1CC[C@@]21OCOC12COCO2. The number of hydrogen-bond donors (Lipinski definition) is 6. The van der Waals surface area contributed by atoms with Gasteiger partial charge in [0.15, 0.2) is 39.3 Å². The Hall–Kier alpha value is -3.85. The number of halogens is 3. The van der Waals surface area contributed by atoms with E-state index in [-0.39, 0.29) is 131 Å². The molecule has 32 nitrogen and oxygen atoms in total. The van der Waals surface area contributed by atoms with Crippen LogP contribution in [-0.2, 0) is 108 Å². The fourth-order valence-electron chi connectivity index (χ4n) is 25.8. The predicted octanol–water partition coefficient (Wildman–Crippen LogP) is 13.4. The number of Topliss-reactive ketones (excluding diaryl/α,β-unsaturated/α-hetero) is 1. The van der Waals surface area contributed by atoms with Crippen LogP contribution in [0.5, 0.6) is 0 Å². The van der Waals surface area contributed by atoms with Gasteiger partial charge in [0.25, 0.3) is 0 Å². The molecule has 0 bridgehead atoms. The first-order valence-electron chi connectivity index (χ1n) is 42.9. The van der Waals surface area contributed by atoms with Gasteiger partial charge in [0, 0.05) is 50.2 Å². The van der Waals surface area contributed by atoms with E-state index in [9.17, 15) is 70.8 Å². The highest BCUT2D eigenvalue weighted by Gasteiger charge is 2.79. The highest BCUT2D eigenvalue weighted by atomic mass is 32.2. The number of hydrogen-bond acceptors (Lipinski definition) is 32. The zero-order valence-electron chi connectivity index (χ0n) is 71.8. The summed E-state index contributed by atoms with van der Waals surface area (Å²) >= 11 is 0. The summed E-state index contributed by atoms with van der Waals surface area (Å²) in [6.45, 7) is 24.6. The summed E-state index contributed by atoms with van der Waals surface area (Å²) in [5.74, 6) is -0.366. The molecule has 6 N–H and O–H groups in total. The number of oxime groups is 3. The van der Waals surface area contributed by atoms with Crippen LogP contribution < -0.4 is 0 Å². The number of aliphatic hydroxyl groups is 5. The number of allylic oxidation sites excluding steroid dienone is 12. The van der Waals surface area contributed by atoms with Crippen molar-refractivity contribution in [2.75, 3.05) is 106 Å². The second-order valence-corrected chi connectivity index (χ2v) is 43.8. The zero-order valence-corrected chi connectivity index (χ0v) is 75.3. The third-order valence-electron chi connectivity index (χ3n) is 30.8. The molecular formula is C83H125F3N3O29P3S. The number of nitrogens with zero attached hydrogens (tertiary/aromatic N) is 3. The Bertz CT molecular complexity index is 4360. The van der Waals surface area contributed by atoms with Crippen molar-refractivity contribution >= 4 is 55.8 Å². The maximum atomic E-state index is 12.7. The van der Waals surface area contributed by atoms with Crippen LogP contribution in [0.2, 0.25) is 0 Å². The lowest BCUT2D eigenvalue weighted by atomic mass is 9.46. The molecule has 16 aliphatic rings. The molecule has 16 rings (SSSR count). The Kier molecular flexibility index (Phi) is 28.3. The molecule has 122 heavy (non-hydrogen) atoms. The van der Waals surface area contributed by atoms with Gasteiger partial charge < -0.3 is 105 Å². The topological polar surface area (TPSA) is 418 Å². The van der Waals surface area contributed by atoms with Crippen molar-refractivity contribution in [3.05, 3.63) is 71.4 Å². The Morgan fingerprint density at radius 3 is 1.18 bits per heavy atom. The van der Waals surface area contributed by atoms with Gasteiger partial charge in [-0.2, -0.15) is 21.6 Å². The highest BCUT2D eigenvalue weighted by molar-refractivity contribution is 7.87. The molecule has 13 fully saturated rings. The molecule has 4 saturated heterocycles. The monoisotopic (exact) mass is 1810 g/mol. The van der Waals surface area contributed by atoms with Gasteiger partial charge in [-0.25, -0.2) is 0 Å². The van der Waals surface area contributed by atoms with E-state index in [1.54, 1.807) is 27.7 Å². The van der Waals surface area contributed by atoms with E-state index in [0.717, 1.165) is 69.8 Å². The Morgan fingerprint density at radius 2 is 0.836 bits per heavy atom. The van der Waals surface area contributed by atoms with Crippen LogP contribution in [0.3, 0.4) is 0 Å². The van der Waals surface area contributed by atoms with Gasteiger partial charge in [0.1, 0.15) is 53.8 Å². The Balaban J connectivity index is 0.000000145. The summed E-state index contributed by atoms with van der Waals surface area (Å²) in [6, 6.07) is 0. The summed E-state index contributed by atoms with van der Waals surface area (Å²) in [6.07, 6.45) is 26.5. The number of carbonyl (C=O) groups excluding carboxylic acids is 1. The third kappa shape index (κ3) is 16.3. The minimum Gasteiger partial charge on any atom is -0.410 e. The molecule has 39 heteroatoms. The minimum absolute atomic E-state index is 0.0583. The molecule has 23 atom stereocenters. The summed E-state index contributed by atoms with van der Waals surface area (Å²) in [4.78, 5) is 23.3. The molecule has 12 aliphatic carbocycles. The number of alkyl halides is 3. The van der Waals surface area contributed by atoms with Crippen LogP contribution in [0.1, 0.15) is 179 Å². The summed E-state index contributed by atoms with van der Waals surface area (Å²) < 4.78 is 176. The molecule has 9 saturated carbocycles. The first-order valence-corrected chi connectivity index (χ1v) is 49.5. The van der Waals surface area contributed by atoms with Crippen molar-refractivity contribution in [1.29, 1.82) is 0 Å². The first kappa shape index (κ1) is 95.7. The van der Waals surface area contributed by atoms with Crippen LogP contribution in [0, 0.1) is 85.8 Å². The van der Waals surface area contributed by atoms with Crippen molar-refractivity contribution in [3.63, 3.8) is 0 Å². The predicted molar refractivity (Wildman–Crippen MR) is 434 cm³/mol. The van der Waals surface area contributed by atoms with Crippen LogP contribution in [0.25, 0.3) is 0 Å². The molecule has 0 aromatic heterocycles.